The van der Waals surface area contributed by atoms with Crippen molar-refractivity contribution >= 4 is 12.1 Å². The molecule has 1 amide bonds. The highest BCUT2D eigenvalue weighted by Gasteiger charge is 2.25. The Kier molecular flexibility index (Phi) is 6.82. The third-order valence-electron chi connectivity index (χ3n) is 2.58. The number of nitrogens with one attached hydrogen (secondary N) is 1. The van der Waals surface area contributed by atoms with Crippen LogP contribution in [0.4, 0.5) is 9.18 Å². The van der Waals surface area contributed by atoms with Crippen LogP contribution in [-0.4, -0.2) is 37.0 Å². The summed E-state index contributed by atoms with van der Waals surface area (Å²) in [5.41, 5.74) is 0.172. The molecule has 0 aliphatic heterocycles. The standard InChI is InChI=1S/C16H22FNO4/c1-16(2,3)22-15(20)18-13(14(19)21-10-9-17)11-12-7-5-4-6-8-12/h4-8,13H,9-11H2,1-3H3,(H,18,20)/t13-/m0/s1. The molecule has 1 rings (SSSR count). The summed E-state index contributed by atoms with van der Waals surface area (Å²) in [7, 11) is 0. The van der Waals surface area contributed by atoms with Gasteiger partial charge in [0.1, 0.15) is 24.9 Å². The summed E-state index contributed by atoms with van der Waals surface area (Å²) >= 11 is 0. The van der Waals surface area contributed by atoms with Crippen LogP contribution in [0.1, 0.15) is 26.3 Å². The van der Waals surface area contributed by atoms with Crippen LogP contribution in [0.3, 0.4) is 0 Å². The number of halogens is 1. The van der Waals surface area contributed by atoms with Crippen LogP contribution in [0.5, 0.6) is 0 Å². The molecule has 0 saturated carbocycles. The molecular weight excluding hydrogens is 289 g/mol. The number of ether oxygens (including phenoxy) is 2. The van der Waals surface area contributed by atoms with Crippen molar-refractivity contribution in [2.24, 2.45) is 0 Å². The minimum atomic E-state index is -0.927. The minimum absolute atomic E-state index is 0.241. The maximum atomic E-state index is 12.1. The predicted octanol–water partition coefficient (Wildman–Crippen LogP) is 2.64. The molecule has 22 heavy (non-hydrogen) atoms. The number of benzene rings is 1. The third-order valence-corrected chi connectivity index (χ3v) is 2.58. The number of hydrogen-bond acceptors (Lipinski definition) is 4. The quantitative estimate of drug-likeness (QED) is 0.820. The first-order valence-electron chi connectivity index (χ1n) is 7.08. The molecule has 1 aromatic rings. The molecule has 0 bridgehead atoms. The minimum Gasteiger partial charge on any atom is -0.461 e. The Morgan fingerprint density at radius 1 is 1.23 bits per heavy atom. The van der Waals surface area contributed by atoms with Gasteiger partial charge in [0.2, 0.25) is 0 Å². The fourth-order valence-corrected chi connectivity index (χ4v) is 1.73. The molecule has 0 aliphatic rings. The smallest absolute Gasteiger partial charge is 0.408 e. The summed E-state index contributed by atoms with van der Waals surface area (Å²) in [6.07, 6.45) is -0.476. The van der Waals surface area contributed by atoms with E-state index in [1.165, 1.54) is 0 Å². The summed E-state index contributed by atoms with van der Waals surface area (Å²) in [6.45, 7) is 4.07. The van der Waals surface area contributed by atoms with E-state index >= 15 is 0 Å². The lowest BCUT2D eigenvalue weighted by Gasteiger charge is -2.23. The van der Waals surface area contributed by atoms with Gasteiger partial charge in [-0.05, 0) is 26.3 Å². The van der Waals surface area contributed by atoms with E-state index in [4.69, 9.17) is 9.47 Å². The lowest BCUT2D eigenvalue weighted by Crippen LogP contribution is -2.45. The molecule has 0 heterocycles. The van der Waals surface area contributed by atoms with Crippen molar-refractivity contribution in [2.45, 2.75) is 38.8 Å². The zero-order chi connectivity index (χ0) is 16.6. The van der Waals surface area contributed by atoms with Gasteiger partial charge >= 0.3 is 12.1 Å². The second-order valence-corrected chi connectivity index (χ2v) is 5.75. The Morgan fingerprint density at radius 3 is 2.41 bits per heavy atom. The van der Waals surface area contributed by atoms with Gasteiger partial charge in [0.05, 0.1) is 0 Å². The van der Waals surface area contributed by atoms with Crippen LogP contribution in [-0.2, 0) is 20.7 Å². The van der Waals surface area contributed by atoms with Crippen molar-refractivity contribution in [3.63, 3.8) is 0 Å². The number of esters is 1. The van der Waals surface area contributed by atoms with E-state index in [0.717, 1.165) is 5.56 Å². The first-order chi connectivity index (χ1) is 10.3. The number of hydrogen-bond donors (Lipinski definition) is 1. The first-order valence-corrected chi connectivity index (χ1v) is 7.08. The highest BCUT2D eigenvalue weighted by atomic mass is 19.1. The van der Waals surface area contributed by atoms with E-state index in [1.54, 1.807) is 20.8 Å². The van der Waals surface area contributed by atoms with Crippen molar-refractivity contribution in [1.82, 2.24) is 5.32 Å². The number of alkyl halides is 1. The lowest BCUT2D eigenvalue weighted by atomic mass is 10.1. The predicted molar refractivity (Wildman–Crippen MR) is 80.2 cm³/mol. The second-order valence-electron chi connectivity index (χ2n) is 5.75. The molecule has 0 spiro atoms. The molecule has 1 atom stereocenters. The van der Waals surface area contributed by atoms with E-state index in [2.05, 4.69) is 5.32 Å². The van der Waals surface area contributed by atoms with Crippen LogP contribution in [0, 0.1) is 0 Å². The van der Waals surface area contributed by atoms with Gasteiger partial charge in [-0.15, -0.1) is 0 Å². The average Bonchev–Trinajstić information content (AvgIpc) is 2.43. The molecule has 0 aromatic heterocycles. The Labute approximate surface area is 129 Å². The third kappa shape index (κ3) is 7.06. The molecule has 0 unspecified atom stereocenters. The van der Waals surface area contributed by atoms with Gasteiger partial charge in [0.25, 0.3) is 0 Å². The Bertz CT molecular complexity index is 485. The van der Waals surface area contributed by atoms with Gasteiger partial charge < -0.3 is 14.8 Å². The average molecular weight is 311 g/mol. The Morgan fingerprint density at radius 2 is 1.86 bits per heavy atom. The maximum absolute atomic E-state index is 12.1. The van der Waals surface area contributed by atoms with E-state index in [-0.39, 0.29) is 13.0 Å². The summed E-state index contributed by atoms with van der Waals surface area (Å²) in [6, 6.07) is 8.22. The van der Waals surface area contributed by atoms with Crippen molar-refractivity contribution in [1.29, 1.82) is 0 Å². The monoisotopic (exact) mass is 311 g/mol. The van der Waals surface area contributed by atoms with E-state index < -0.39 is 30.4 Å². The van der Waals surface area contributed by atoms with E-state index in [0.29, 0.717) is 0 Å². The summed E-state index contributed by atoms with van der Waals surface area (Å²) < 4.78 is 22.0. The van der Waals surface area contributed by atoms with Crippen LogP contribution in [0.25, 0.3) is 0 Å². The zero-order valence-electron chi connectivity index (χ0n) is 13.1. The maximum Gasteiger partial charge on any atom is 0.408 e. The van der Waals surface area contributed by atoms with Gasteiger partial charge in [-0.25, -0.2) is 14.0 Å². The number of alkyl carbamates (subject to hydrolysis) is 1. The molecule has 5 nitrogen and oxygen atoms in total. The highest BCUT2D eigenvalue weighted by molar-refractivity contribution is 5.81. The molecule has 0 saturated heterocycles. The van der Waals surface area contributed by atoms with Gasteiger partial charge in [-0.1, -0.05) is 30.3 Å². The lowest BCUT2D eigenvalue weighted by molar-refractivity contribution is -0.146. The van der Waals surface area contributed by atoms with Crippen LogP contribution in [0.15, 0.2) is 30.3 Å². The van der Waals surface area contributed by atoms with Crippen molar-refractivity contribution in [3.8, 4) is 0 Å². The highest BCUT2D eigenvalue weighted by Crippen LogP contribution is 2.09. The number of rotatable bonds is 6. The SMILES string of the molecule is CC(C)(C)OC(=O)N[C@@H](Cc1ccccc1)C(=O)OCCF. The van der Waals surface area contributed by atoms with Crippen LogP contribution < -0.4 is 5.32 Å². The normalized spacial score (nSPS) is 12.4. The van der Waals surface area contributed by atoms with Gasteiger partial charge in [0, 0.05) is 6.42 Å². The van der Waals surface area contributed by atoms with Crippen molar-refractivity contribution in [3.05, 3.63) is 35.9 Å². The largest absolute Gasteiger partial charge is 0.461 e. The first kappa shape index (κ1) is 17.9. The van der Waals surface area contributed by atoms with Gasteiger partial charge in [0.15, 0.2) is 0 Å². The molecule has 0 fully saturated rings. The summed E-state index contributed by atoms with van der Waals surface area (Å²) in [5.74, 6) is -0.688. The molecule has 1 N–H and O–H groups in total. The summed E-state index contributed by atoms with van der Waals surface area (Å²) in [4.78, 5) is 23.8. The Balaban J connectivity index is 2.73. The van der Waals surface area contributed by atoms with E-state index in [1.807, 2.05) is 30.3 Å². The molecule has 0 aliphatic carbocycles. The molecule has 122 valence electrons. The van der Waals surface area contributed by atoms with Gasteiger partial charge in [-0.2, -0.15) is 0 Å². The van der Waals surface area contributed by atoms with Crippen LogP contribution >= 0.6 is 0 Å². The van der Waals surface area contributed by atoms with Crippen molar-refractivity contribution in [2.75, 3.05) is 13.3 Å². The molecule has 0 radical (unpaired) electrons. The molecular formula is C16H22FNO4. The fraction of sp³-hybridized carbons (Fsp3) is 0.500. The van der Waals surface area contributed by atoms with E-state index in [9.17, 15) is 14.0 Å². The van der Waals surface area contributed by atoms with Gasteiger partial charge in [-0.3, -0.25) is 0 Å². The van der Waals surface area contributed by atoms with Crippen molar-refractivity contribution < 1.29 is 23.5 Å². The van der Waals surface area contributed by atoms with Crippen LogP contribution in [0.2, 0.25) is 0 Å². The zero-order valence-corrected chi connectivity index (χ0v) is 13.1. The molecule has 1 aromatic carbocycles. The second kappa shape index (κ2) is 8.36. The number of carbonyl (C=O) groups is 2. The topological polar surface area (TPSA) is 64.6 Å². The number of carbonyl (C=O) groups excluding carboxylic acids is 2. The Hall–Kier alpha value is -2.11. The molecule has 6 heteroatoms. The fourth-order valence-electron chi connectivity index (χ4n) is 1.73. The number of amides is 1. The summed E-state index contributed by atoms with van der Waals surface area (Å²) in [5, 5.41) is 2.47.